The Morgan fingerprint density at radius 3 is 2.23 bits per heavy atom. The van der Waals surface area contributed by atoms with Crippen molar-refractivity contribution in [3.05, 3.63) is 35.9 Å². The van der Waals surface area contributed by atoms with Crippen molar-refractivity contribution in [1.29, 1.82) is 0 Å². The van der Waals surface area contributed by atoms with Crippen molar-refractivity contribution in [3.8, 4) is 0 Å². The Balaban J connectivity index is 0.00000144. The predicted octanol–water partition coefficient (Wildman–Crippen LogP) is 3.43. The van der Waals surface area contributed by atoms with Gasteiger partial charge < -0.3 is 0 Å². The fraction of sp³-hybridized carbons (Fsp3) is 0.500. The van der Waals surface area contributed by atoms with Crippen LogP contribution in [0.4, 0.5) is 0 Å². The van der Waals surface area contributed by atoms with Gasteiger partial charge in [-0.2, -0.15) is 0 Å². The Morgan fingerprint density at radius 1 is 0.923 bits per heavy atom. The third-order valence-electron chi connectivity index (χ3n) is 2.16. The molecule has 1 rings (SSSR count). The van der Waals surface area contributed by atoms with Gasteiger partial charge in [-0.3, -0.25) is 0 Å². The molecule has 0 nitrogen and oxygen atoms in total. The van der Waals surface area contributed by atoms with Crippen LogP contribution in [0.3, 0.4) is 0 Å². The molecule has 0 bridgehead atoms. The molecule has 0 aliphatic heterocycles. The number of rotatable bonds is 5. The van der Waals surface area contributed by atoms with E-state index in [0.29, 0.717) is 0 Å². The number of hydrogen-bond acceptors (Lipinski definition) is 0. The average Bonchev–Trinajstić information content (AvgIpc) is 2.14. The standard InChI is InChI=1S/C12H18.K/c1-2-3-4-6-9-12-10-7-5-8-11-12;/h5,7-8,10-11H,2-4,6,9H2,1H3;. The zero-order valence-corrected chi connectivity index (χ0v) is 12.0. The van der Waals surface area contributed by atoms with Crippen LogP contribution in [0.1, 0.15) is 38.2 Å². The fourth-order valence-corrected chi connectivity index (χ4v) is 1.40. The molecule has 1 aromatic carbocycles. The predicted molar refractivity (Wildman–Crippen MR) is 60.0 cm³/mol. The molecule has 0 N–H and O–H groups in total. The molecular formula is C12H18K. The minimum atomic E-state index is 0. The maximum absolute atomic E-state index is 2.25. The smallest absolute Gasteiger partial charge is 0 e. The minimum Gasteiger partial charge on any atom is -0.0654 e. The molecule has 0 amide bonds. The van der Waals surface area contributed by atoms with E-state index in [0.717, 1.165) is 0 Å². The third kappa shape index (κ3) is 6.87. The molecule has 0 heterocycles. The minimum absolute atomic E-state index is 0. The molecule has 67 valence electrons. The molecule has 1 radical (unpaired) electrons. The summed E-state index contributed by atoms with van der Waals surface area (Å²) in [6.45, 7) is 2.25. The van der Waals surface area contributed by atoms with E-state index in [1.807, 2.05) is 0 Å². The molecular weight excluding hydrogens is 183 g/mol. The van der Waals surface area contributed by atoms with Crippen molar-refractivity contribution in [1.82, 2.24) is 0 Å². The normalized spacial score (nSPS) is 9.31. The molecule has 0 atom stereocenters. The Hall–Kier alpha value is 0.856. The first-order valence-corrected chi connectivity index (χ1v) is 4.97. The molecule has 0 aromatic heterocycles. The molecule has 0 fully saturated rings. The first-order valence-electron chi connectivity index (χ1n) is 4.97. The molecule has 0 aliphatic rings. The van der Waals surface area contributed by atoms with E-state index in [4.69, 9.17) is 0 Å². The van der Waals surface area contributed by atoms with Gasteiger partial charge in [0.2, 0.25) is 0 Å². The summed E-state index contributed by atoms with van der Waals surface area (Å²) in [7, 11) is 0. The molecule has 0 unspecified atom stereocenters. The molecule has 0 saturated heterocycles. The van der Waals surface area contributed by atoms with Crippen molar-refractivity contribution >= 4 is 51.4 Å². The molecule has 0 aliphatic carbocycles. The first-order chi connectivity index (χ1) is 5.93. The second-order valence-corrected chi connectivity index (χ2v) is 3.30. The second-order valence-electron chi connectivity index (χ2n) is 3.30. The first kappa shape index (κ1) is 13.9. The van der Waals surface area contributed by atoms with Crippen molar-refractivity contribution in [2.75, 3.05) is 0 Å². The van der Waals surface area contributed by atoms with Crippen molar-refractivity contribution < 1.29 is 0 Å². The summed E-state index contributed by atoms with van der Waals surface area (Å²) in [5, 5.41) is 0. The number of unbranched alkanes of at least 4 members (excludes halogenated alkanes) is 3. The van der Waals surface area contributed by atoms with Crippen LogP contribution < -0.4 is 0 Å². The van der Waals surface area contributed by atoms with Gasteiger partial charge in [0, 0.05) is 51.4 Å². The van der Waals surface area contributed by atoms with Crippen LogP contribution in [0, 0.1) is 0 Å². The molecule has 1 heteroatoms. The Labute approximate surface area is 125 Å². The summed E-state index contributed by atoms with van der Waals surface area (Å²) < 4.78 is 0. The van der Waals surface area contributed by atoms with Gasteiger partial charge in [-0.1, -0.05) is 56.5 Å². The molecule has 13 heavy (non-hydrogen) atoms. The molecule has 1 aromatic rings. The third-order valence-corrected chi connectivity index (χ3v) is 2.16. The zero-order valence-electron chi connectivity index (χ0n) is 8.92. The maximum atomic E-state index is 2.25. The summed E-state index contributed by atoms with van der Waals surface area (Å²) in [5.41, 5.74) is 1.48. The second kappa shape index (κ2) is 9.41. The van der Waals surface area contributed by atoms with Gasteiger partial charge in [0.1, 0.15) is 0 Å². The van der Waals surface area contributed by atoms with Gasteiger partial charge in [0.05, 0.1) is 0 Å². The van der Waals surface area contributed by atoms with Crippen LogP contribution in [0.2, 0.25) is 0 Å². The van der Waals surface area contributed by atoms with Crippen molar-refractivity contribution in [2.45, 2.75) is 39.0 Å². The van der Waals surface area contributed by atoms with E-state index >= 15 is 0 Å². The summed E-state index contributed by atoms with van der Waals surface area (Å²) in [6, 6.07) is 10.7. The zero-order chi connectivity index (χ0) is 8.65. The Kier molecular flexibility index (Phi) is 10.0. The van der Waals surface area contributed by atoms with E-state index in [9.17, 15) is 0 Å². The SMILES string of the molecule is CCCCCCc1ccccc1.[K]. The van der Waals surface area contributed by atoms with Crippen LogP contribution in [0.5, 0.6) is 0 Å². The van der Waals surface area contributed by atoms with Crippen LogP contribution in [0.25, 0.3) is 0 Å². The van der Waals surface area contributed by atoms with Crippen LogP contribution >= 0.6 is 0 Å². The van der Waals surface area contributed by atoms with E-state index in [2.05, 4.69) is 37.3 Å². The Bertz CT molecular complexity index is 194. The van der Waals surface area contributed by atoms with Crippen molar-refractivity contribution in [3.63, 3.8) is 0 Å². The van der Waals surface area contributed by atoms with Gasteiger partial charge in [0.25, 0.3) is 0 Å². The van der Waals surface area contributed by atoms with E-state index in [-0.39, 0.29) is 51.4 Å². The number of aryl methyl sites for hydroxylation is 1. The number of benzene rings is 1. The van der Waals surface area contributed by atoms with E-state index in [1.165, 1.54) is 37.7 Å². The average molecular weight is 201 g/mol. The molecule has 0 saturated carbocycles. The summed E-state index contributed by atoms with van der Waals surface area (Å²) in [4.78, 5) is 0. The van der Waals surface area contributed by atoms with E-state index < -0.39 is 0 Å². The van der Waals surface area contributed by atoms with Gasteiger partial charge in [-0.05, 0) is 18.4 Å². The summed E-state index contributed by atoms with van der Waals surface area (Å²) >= 11 is 0. The van der Waals surface area contributed by atoms with Gasteiger partial charge in [0.15, 0.2) is 0 Å². The topological polar surface area (TPSA) is 0 Å². The van der Waals surface area contributed by atoms with E-state index in [1.54, 1.807) is 0 Å². The van der Waals surface area contributed by atoms with Gasteiger partial charge >= 0.3 is 0 Å². The summed E-state index contributed by atoms with van der Waals surface area (Å²) in [5.74, 6) is 0. The van der Waals surface area contributed by atoms with Crippen LogP contribution in [-0.2, 0) is 6.42 Å². The van der Waals surface area contributed by atoms with Crippen LogP contribution in [-0.4, -0.2) is 51.4 Å². The Morgan fingerprint density at radius 2 is 1.62 bits per heavy atom. The maximum Gasteiger partial charge on any atom is 0 e. The van der Waals surface area contributed by atoms with Crippen molar-refractivity contribution in [2.24, 2.45) is 0 Å². The monoisotopic (exact) mass is 201 g/mol. The van der Waals surface area contributed by atoms with Gasteiger partial charge in [-0.15, -0.1) is 0 Å². The number of hydrogen-bond donors (Lipinski definition) is 0. The molecule has 0 spiro atoms. The van der Waals surface area contributed by atoms with Gasteiger partial charge in [-0.25, -0.2) is 0 Å². The fourth-order valence-electron chi connectivity index (χ4n) is 1.40. The quantitative estimate of drug-likeness (QED) is 0.506. The summed E-state index contributed by atoms with van der Waals surface area (Å²) in [6.07, 6.45) is 6.69. The van der Waals surface area contributed by atoms with Crippen LogP contribution in [0.15, 0.2) is 30.3 Å². The largest absolute Gasteiger partial charge is 0.0654 e.